The highest BCUT2D eigenvalue weighted by Gasteiger charge is 2.53. The minimum absolute atomic E-state index is 0.109. The molecule has 1 atom stereocenters. The van der Waals surface area contributed by atoms with Crippen LogP contribution in [0.1, 0.15) is 59.4 Å². The van der Waals surface area contributed by atoms with Crippen molar-refractivity contribution in [3.63, 3.8) is 0 Å². The first-order valence-electron chi connectivity index (χ1n) is 9.70. The molecule has 0 aromatic carbocycles. The van der Waals surface area contributed by atoms with Gasteiger partial charge in [0.15, 0.2) is 0 Å². The maximum absolute atomic E-state index is 6.11. The molecule has 4 heterocycles. The number of nitrogens with zero attached hydrogens (tertiary/aromatic N) is 3. The molecule has 0 aliphatic carbocycles. The predicted octanol–water partition coefficient (Wildman–Crippen LogP) is 4.45. The highest BCUT2D eigenvalue weighted by molar-refractivity contribution is 6.73. The van der Waals surface area contributed by atoms with Crippen LogP contribution in [0.4, 0.5) is 0 Å². The number of hydrazine groups is 1. The Labute approximate surface area is 157 Å². The summed E-state index contributed by atoms with van der Waals surface area (Å²) in [5.74, 6) is 0.961. The Morgan fingerprint density at radius 3 is 2.50 bits per heavy atom. The van der Waals surface area contributed by atoms with Gasteiger partial charge < -0.3 is 9.34 Å². The van der Waals surface area contributed by atoms with Gasteiger partial charge >= 0.3 is 6.85 Å². The lowest BCUT2D eigenvalue weighted by molar-refractivity contribution is -0.0177. The summed E-state index contributed by atoms with van der Waals surface area (Å²) >= 11 is 0. The maximum Gasteiger partial charge on any atom is 0.308 e. The maximum atomic E-state index is 6.11. The van der Waals surface area contributed by atoms with E-state index in [-0.39, 0.29) is 17.8 Å². The number of rotatable bonds is 1. The molecule has 0 N–H and O–H groups in total. The molecule has 26 heavy (non-hydrogen) atoms. The van der Waals surface area contributed by atoms with E-state index < -0.39 is 0 Å². The lowest BCUT2D eigenvalue weighted by atomic mass is 9.54. The fraction of sp³-hybridized carbons (Fsp3) is 0.571. The van der Waals surface area contributed by atoms with Gasteiger partial charge in [-0.25, -0.2) is 9.99 Å². The van der Waals surface area contributed by atoms with E-state index >= 15 is 0 Å². The molecule has 1 saturated heterocycles. The molecule has 2 aliphatic rings. The van der Waals surface area contributed by atoms with Crippen LogP contribution < -0.4 is 5.46 Å². The lowest BCUT2D eigenvalue weighted by Crippen LogP contribution is -2.62. The average molecular weight is 351 g/mol. The van der Waals surface area contributed by atoms with E-state index in [1.807, 2.05) is 6.92 Å². The number of pyridine rings is 1. The van der Waals surface area contributed by atoms with Gasteiger partial charge in [-0.05, 0) is 64.7 Å². The van der Waals surface area contributed by atoms with Gasteiger partial charge in [0, 0.05) is 33.8 Å². The van der Waals surface area contributed by atoms with E-state index in [0.717, 1.165) is 22.6 Å². The van der Waals surface area contributed by atoms with Gasteiger partial charge in [-0.1, -0.05) is 20.7 Å². The Kier molecular flexibility index (Phi) is 3.66. The molecule has 4 rings (SSSR count). The van der Waals surface area contributed by atoms with Crippen molar-refractivity contribution in [2.75, 3.05) is 0 Å². The second kappa shape index (κ2) is 5.38. The molecule has 2 aliphatic heterocycles. The number of aromatic nitrogens is 1. The fourth-order valence-electron chi connectivity index (χ4n) is 5.36. The molecule has 5 heteroatoms. The molecule has 1 fully saturated rings. The monoisotopic (exact) mass is 351 g/mol. The van der Waals surface area contributed by atoms with Crippen molar-refractivity contribution in [1.82, 2.24) is 14.9 Å². The lowest BCUT2D eigenvalue weighted by Gasteiger charge is -2.49. The standard InChI is InChI=1S/C21H30BN3O/c1-13-9-10-16-18-17(26-19(16)23-13)11-14(2)25(22(18)8)24-15(3)20(4,5)12-21(24,6)7/h9-11,15H,12H2,1-8H3. The Hall–Kier alpha value is -1.75. The Morgan fingerprint density at radius 1 is 1.19 bits per heavy atom. The molecular weight excluding hydrogens is 321 g/mol. The fourth-order valence-corrected chi connectivity index (χ4v) is 5.36. The van der Waals surface area contributed by atoms with Crippen LogP contribution in [0.2, 0.25) is 6.82 Å². The van der Waals surface area contributed by atoms with Gasteiger partial charge in [-0.2, -0.15) is 0 Å². The van der Waals surface area contributed by atoms with E-state index in [1.54, 1.807) is 0 Å². The average Bonchev–Trinajstić information content (AvgIpc) is 2.92. The Balaban J connectivity index is 1.85. The highest BCUT2D eigenvalue weighted by atomic mass is 16.3. The third-order valence-corrected chi connectivity index (χ3v) is 6.49. The first kappa shape index (κ1) is 17.7. The summed E-state index contributed by atoms with van der Waals surface area (Å²) in [6.45, 7) is 18.6. The molecule has 4 nitrogen and oxygen atoms in total. The summed E-state index contributed by atoms with van der Waals surface area (Å²) in [6, 6.07) is 4.70. The summed E-state index contributed by atoms with van der Waals surface area (Å²) in [5, 5.41) is 3.74. The van der Waals surface area contributed by atoms with E-state index in [4.69, 9.17) is 4.42 Å². The number of aryl methyl sites for hydroxylation is 1. The third kappa shape index (κ3) is 2.36. The number of hydrogen-bond donors (Lipinski definition) is 0. The molecule has 0 saturated carbocycles. The van der Waals surface area contributed by atoms with E-state index in [1.165, 1.54) is 17.6 Å². The van der Waals surface area contributed by atoms with Crippen molar-refractivity contribution >= 4 is 29.5 Å². The number of allylic oxidation sites excluding steroid dienone is 1. The molecule has 2 aromatic heterocycles. The van der Waals surface area contributed by atoms with Gasteiger partial charge in [0.05, 0.1) is 0 Å². The normalized spacial score (nSPS) is 24.9. The minimum Gasteiger partial charge on any atom is -0.439 e. The predicted molar refractivity (Wildman–Crippen MR) is 109 cm³/mol. The SMILES string of the molecule is CB1c2c(oc3nc(C)ccc23)C=C(C)N1N1C(C)C(C)(C)CC1(C)C. The second-order valence-corrected chi connectivity index (χ2v) is 9.49. The van der Waals surface area contributed by atoms with Crippen LogP contribution in [-0.4, -0.2) is 33.3 Å². The van der Waals surface area contributed by atoms with Crippen molar-refractivity contribution in [2.45, 2.75) is 73.3 Å². The highest BCUT2D eigenvalue weighted by Crippen LogP contribution is 2.48. The third-order valence-electron chi connectivity index (χ3n) is 6.49. The first-order valence-corrected chi connectivity index (χ1v) is 9.70. The van der Waals surface area contributed by atoms with Crippen molar-refractivity contribution in [1.29, 1.82) is 0 Å². The van der Waals surface area contributed by atoms with E-state index in [0.29, 0.717) is 6.04 Å². The smallest absolute Gasteiger partial charge is 0.308 e. The molecule has 0 amide bonds. The molecule has 138 valence electrons. The Morgan fingerprint density at radius 2 is 1.88 bits per heavy atom. The molecule has 0 bridgehead atoms. The van der Waals surface area contributed by atoms with Gasteiger partial charge in [-0.15, -0.1) is 0 Å². The summed E-state index contributed by atoms with van der Waals surface area (Å²) in [5.41, 5.74) is 4.62. The quantitative estimate of drug-likeness (QED) is 0.711. The van der Waals surface area contributed by atoms with Gasteiger partial charge in [0.25, 0.3) is 0 Å². The van der Waals surface area contributed by atoms with Crippen LogP contribution >= 0.6 is 0 Å². The summed E-state index contributed by atoms with van der Waals surface area (Å²) in [4.78, 5) is 7.10. The van der Waals surface area contributed by atoms with Crippen molar-refractivity contribution in [3.8, 4) is 0 Å². The summed E-state index contributed by atoms with van der Waals surface area (Å²) in [7, 11) is 0. The van der Waals surface area contributed by atoms with Crippen molar-refractivity contribution < 1.29 is 4.42 Å². The zero-order valence-electron chi connectivity index (χ0n) is 17.3. The molecule has 1 unspecified atom stereocenters. The topological polar surface area (TPSA) is 32.5 Å². The Bertz CT molecular complexity index is 911. The molecular formula is C21H30BN3O. The van der Waals surface area contributed by atoms with Crippen LogP contribution in [-0.2, 0) is 0 Å². The first-order chi connectivity index (χ1) is 12.0. The molecule has 0 radical (unpaired) electrons. The summed E-state index contributed by atoms with van der Waals surface area (Å²) in [6.07, 6.45) is 3.36. The zero-order valence-corrected chi connectivity index (χ0v) is 17.3. The van der Waals surface area contributed by atoms with Gasteiger partial charge in [0.1, 0.15) is 5.76 Å². The number of hydrogen-bond acceptors (Lipinski definition) is 4. The van der Waals surface area contributed by atoms with Crippen LogP contribution in [0.5, 0.6) is 0 Å². The van der Waals surface area contributed by atoms with Crippen molar-refractivity contribution in [2.24, 2.45) is 5.41 Å². The van der Waals surface area contributed by atoms with E-state index in [9.17, 15) is 0 Å². The number of fused-ring (bicyclic) bond motifs is 3. The minimum atomic E-state index is 0.109. The molecule has 0 spiro atoms. The van der Waals surface area contributed by atoms with Crippen LogP contribution in [0, 0.1) is 12.3 Å². The van der Waals surface area contributed by atoms with Crippen LogP contribution in [0.25, 0.3) is 17.2 Å². The summed E-state index contributed by atoms with van der Waals surface area (Å²) < 4.78 is 6.11. The largest absolute Gasteiger partial charge is 0.439 e. The van der Waals surface area contributed by atoms with Crippen molar-refractivity contribution in [3.05, 3.63) is 29.3 Å². The second-order valence-electron chi connectivity index (χ2n) is 9.49. The van der Waals surface area contributed by atoms with Gasteiger partial charge in [0.2, 0.25) is 5.71 Å². The van der Waals surface area contributed by atoms with Crippen LogP contribution in [0.3, 0.4) is 0 Å². The van der Waals surface area contributed by atoms with Gasteiger partial charge in [-0.3, -0.25) is 0 Å². The zero-order chi connectivity index (χ0) is 19.0. The molecule has 2 aromatic rings. The van der Waals surface area contributed by atoms with Crippen LogP contribution in [0.15, 0.2) is 22.2 Å². The number of furan rings is 1. The van der Waals surface area contributed by atoms with E-state index in [2.05, 4.69) is 81.5 Å².